The molecule has 0 unspecified atom stereocenters. The second-order valence-corrected chi connectivity index (χ2v) is 15.4. The third kappa shape index (κ3) is 4.12. The Bertz CT molecular complexity index is 4080. The van der Waals surface area contributed by atoms with E-state index in [1.807, 2.05) is 12.1 Å². The number of nitrogens with zero attached hydrogens (tertiary/aromatic N) is 9. The van der Waals surface area contributed by atoms with Crippen LogP contribution in [0, 0.1) is 0 Å². The first-order chi connectivity index (χ1) is 29.8. The minimum Gasteiger partial charge on any atom is -0.309 e. The van der Waals surface area contributed by atoms with Crippen LogP contribution < -0.4 is 0 Å². The van der Waals surface area contributed by atoms with Gasteiger partial charge in [-0.05, 0) is 97.1 Å². The Kier molecular flexibility index (Phi) is 6.11. The van der Waals surface area contributed by atoms with E-state index in [0.717, 1.165) is 101 Å². The van der Waals surface area contributed by atoms with E-state index in [1.165, 1.54) is 10.8 Å². The number of fused-ring (bicyclic) bond motifs is 17. The topological polar surface area (TPSA) is 66.7 Å². The van der Waals surface area contributed by atoms with Crippen LogP contribution >= 0.6 is 0 Å². The van der Waals surface area contributed by atoms with Gasteiger partial charge in [-0.2, -0.15) is 0 Å². The fourth-order valence-corrected chi connectivity index (χ4v) is 9.70. The van der Waals surface area contributed by atoms with Crippen LogP contribution in [0.15, 0.2) is 188 Å². The lowest BCUT2D eigenvalue weighted by atomic mass is 10.2. The zero-order chi connectivity index (χ0) is 39.1. The molecule has 0 aliphatic rings. The van der Waals surface area contributed by atoms with Crippen molar-refractivity contribution in [2.24, 2.45) is 0 Å². The lowest BCUT2D eigenvalue weighted by Crippen LogP contribution is -2.02. The molecule has 60 heavy (non-hydrogen) atoms. The number of hydrogen-bond acceptors (Lipinski definition) is 3. The van der Waals surface area contributed by atoms with E-state index in [9.17, 15) is 0 Å². The molecule has 0 amide bonds. The Morgan fingerprint density at radius 2 is 0.650 bits per heavy atom. The number of aromatic nitrogens is 9. The van der Waals surface area contributed by atoms with E-state index in [1.54, 1.807) is 0 Å². The Hall–Kier alpha value is -8.43. The smallest absolute Gasteiger partial charge is 0.223 e. The largest absolute Gasteiger partial charge is 0.309 e. The van der Waals surface area contributed by atoms with E-state index in [0.29, 0.717) is 0 Å². The van der Waals surface area contributed by atoms with Crippen LogP contribution in [0.25, 0.3) is 111 Å². The lowest BCUT2D eigenvalue weighted by molar-refractivity contribution is 1.03. The molecule has 280 valence electrons. The molecule has 6 aromatic heterocycles. The first kappa shape index (κ1) is 31.6. The van der Waals surface area contributed by atoms with Gasteiger partial charge in [0, 0.05) is 22.1 Å². The summed E-state index contributed by atoms with van der Waals surface area (Å²) in [6.45, 7) is 0. The summed E-state index contributed by atoms with van der Waals surface area (Å²) in [6.07, 6.45) is 0. The maximum atomic E-state index is 5.47. The summed E-state index contributed by atoms with van der Waals surface area (Å²) < 4.78 is 13.7. The lowest BCUT2D eigenvalue weighted by Gasteiger charge is -2.10. The number of benzene rings is 8. The van der Waals surface area contributed by atoms with Gasteiger partial charge in [0.15, 0.2) is 0 Å². The van der Waals surface area contributed by atoms with Crippen molar-refractivity contribution in [3.63, 3.8) is 0 Å². The monoisotopic (exact) mass is 769 g/mol. The zero-order valence-electron chi connectivity index (χ0n) is 31.9. The van der Waals surface area contributed by atoms with E-state index in [4.69, 9.17) is 15.0 Å². The van der Waals surface area contributed by atoms with Crippen molar-refractivity contribution in [2.45, 2.75) is 0 Å². The van der Waals surface area contributed by atoms with Crippen molar-refractivity contribution in [2.75, 3.05) is 0 Å². The summed E-state index contributed by atoms with van der Waals surface area (Å²) in [7, 11) is 0. The van der Waals surface area contributed by atoms with E-state index in [-0.39, 0.29) is 0 Å². The van der Waals surface area contributed by atoms with Crippen LogP contribution in [0.4, 0.5) is 0 Å². The van der Waals surface area contributed by atoms with Crippen molar-refractivity contribution in [1.82, 2.24) is 41.9 Å². The molecule has 0 aliphatic carbocycles. The molecule has 0 bridgehead atoms. The third-order valence-electron chi connectivity index (χ3n) is 12.2. The summed E-state index contributed by atoms with van der Waals surface area (Å²) in [5, 5.41) is 2.45. The fraction of sp³-hybridized carbons (Fsp3) is 0. The van der Waals surface area contributed by atoms with Gasteiger partial charge in [0.05, 0.1) is 71.9 Å². The molecular formula is C51H31N9. The van der Waals surface area contributed by atoms with Gasteiger partial charge in [-0.3, -0.25) is 17.8 Å². The summed E-state index contributed by atoms with van der Waals surface area (Å²) in [6, 6.07) is 66.4. The Morgan fingerprint density at radius 3 is 1.20 bits per heavy atom. The number of imidazole rings is 4. The summed E-state index contributed by atoms with van der Waals surface area (Å²) >= 11 is 0. The van der Waals surface area contributed by atoms with Gasteiger partial charge in [-0.1, -0.05) is 91.0 Å². The predicted octanol–water partition coefficient (Wildman–Crippen LogP) is 11.6. The van der Waals surface area contributed by atoms with Crippen LogP contribution in [-0.4, -0.2) is 41.9 Å². The zero-order valence-corrected chi connectivity index (χ0v) is 31.9. The molecule has 0 fully saturated rings. The fourth-order valence-electron chi connectivity index (χ4n) is 9.70. The standard InChI is InChI=1S/C51H31N9/c1-2-14-32(15-3-1)56-45-28-27-34(31-47(45)59-43-24-12-7-19-38(43)52-49(56)59)57-50-53-37-18-6-11-23-42(37)58(50)46-29-26-33(30-48(46)60-44-25-13-8-20-39(44)54-51(57)60)55-40-21-9-4-16-35(40)36-17-5-10-22-41(36)55/h1-31H. The molecule has 0 saturated carbocycles. The second kappa shape index (κ2) is 11.6. The molecule has 0 spiro atoms. The van der Waals surface area contributed by atoms with Crippen molar-refractivity contribution in [3.8, 4) is 17.1 Å². The quantitative estimate of drug-likeness (QED) is 0.180. The average Bonchev–Trinajstić information content (AvgIpc) is 4.10. The Morgan fingerprint density at radius 1 is 0.250 bits per heavy atom. The van der Waals surface area contributed by atoms with E-state index in [2.05, 4.69) is 203 Å². The van der Waals surface area contributed by atoms with Crippen molar-refractivity contribution in [1.29, 1.82) is 0 Å². The highest BCUT2D eigenvalue weighted by molar-refractivity contribution is 6.09. The molecule has 0 saturated heterocycles. The van der Waals surface area contributed by atoms with Gasteiger partial charge in [-0.15, -0.1) is 0 Å². The highest BCUT2D eigenvalue weighted by atomic mass is 15.3. The van der Waals surface area contributed by atoms with Crippen LogP contribution in [0.5, 0.6) is 0 Å². The van der Waals surface area contributed by atoms with Gasteiger partial charge in [0.1, 0.15) is 0 Å². The highest BCUT2D eigenvalue weighted by Gasteiger charge is 2.23. The summed E-state index contributed by atoms with van der Waals surface area (Å²) in [5.74, 6) is 2.36. The Labute approximate surface area is 340 Å². The SMILES string of the molecule is c1ccc(-n2c3ccc(-n4c5nc6ccccc6n5c5ccc(-n6c7ccccc7c7ccccc76)cc5n5c6ccccc6nc45)cc3n3c4ccccc4nc23)cc1. The van der Waals surface area contributed by atoms with E-state index < -0.39 is 0 Å². The van der Waals surface area contributed by atoms with Crippen LogP contribution in [0.1, 0.15) is 0 Å². The van der Waals surface area contributed by atoms with Crippen molar-refractivity contribution < 1.29 is 0 Å². The molecule has 14 rings (SSSR count). The molecule has 0 N–H and O–H groups in total. The second-order valence-electron chi connectivity index (χ2n) is 15.4. The van der Waals surface area contributed by atoms with Gasteiger partial charge >= 0.3 is 0 Å². The third-order valence-corrected chi connectivity index (χ3v) is 12.2. The normalized spacial score (nSPS) is 12.3. The van der Waals surface area contributed by atoms with Gasteiger partial charge in [-0.25, -0.2) is 19.5 Å². The summed E-state index contributed by atoms with van der Waals surface area (Å²) in [5.41, 5.74) is 15.3. The van der Waals surface area contributed by atoms with Gasteiger partial charge in [0.2, 0.25) is 17.3 Å². The predicted molar refractivity (Wildman–Crippen MR) is 242 cm³/mol. The molecule has 9 nitrogen and oxygen atoms in total. The molecule has 0 radical (unpaired) electrons. The molecule has 9 heteroatoms. The molecule has 8 aromatic carbocycles. The van der Waals surface area contributed by atoms with Crippen molar-refractivity contribution >= 4 is 94.3 Å². The highest BCUT2D eigenvalue weighted by Crippen LogP contribution is 2.36. The summed E-state index contributed by atoms with van der Waals surface area (Å²) in [4.78, 5) is 16.1. The maximum Gasteiger partial charge on any atom is 0.223 e. The van der Waals surface area contributed by atoms with Crippen LogP contribution in [0.3, 0.4) is 0 Å². The number of rotatable bonds is 3. The minimum absolute atomic E-state index is 0.749. The van der Waals surface area contributed by atoms with Crippen molar-refractivity contribution in [3.05, 3.63) is 188 Å². The first-order valence-corrected chi connectivity index (χ1v) is 20.1. The molecule has 14 aromatic rings. The first-order valence-electron chi connectivity index (χ1n) is 20.1. The van der Waals surface area contributed by atoms with Crippen LogP contribution in [-0.2, 0) is 0 Å². The average molecular weight is 770 g/mol. The number of para-hydroxylation sites is 9. The molecule has 6 heterocycles. The van der Waals surface area contributed by atoms with Gasteiger partial charge in [0.25, 0.3) is 0 Å². The number of hydrogen-bond donors (Lipinski definition) is 0. The molecule has 0 aliphatic heterocycles. The Balaban J connectivity index is 1.17. The van der Waals surface area contributed by atoms with Crippen LogP contribution in [0.2, 0.25) is 0 Å². The molecular weight excluding hydrogens is 739 g/mol. The van der Waals surface area contributed by atoms with Gasteiger partial charge < -0.3 is 4.57 Å². The molecule has 0 atom stereocenters. The minimum atomic E-state index is 0.749. The maximum absolute atomic E-state index is 5.47. The van der Waals surface area contributed by atoms with E-state index >= 15 is 0 Å².